The van der Waals surface area contributed by atoms with Crippen LogP contribution < -0.4 is 11.1 Å². The molecule has 4 heteroatoms. The molecule has 0 aliphatic carbocycles. The second kappa shape index (κ2) is 4.75. The number of hydrogen-bond acceptors (Lipinski definition) is 2. The molecule has 2 nitrogen and oxygen atoms in total. The summed E-state index contributed by atoms with van der Waals surface area (Å²) in [6.45, 7) is 1.92. The number of nitrogen functional groups attached to an aromatic ring is 1. The van der Waals surface area contributed by atoms with E-state index in [9.17, 15) is 4.39 Å². The van der Waals surface area contributed by atoms with E-state index >= 15 is 0 Å². The van der Waals surface area contributed by atoms with Crippen LogP contribution in [0.15, 0.2) is 40.9 Å². The summed E-state index contributed by atoms with van der Waals surface area (Å²) >= 11 is 3.12. The van der Waals surface area contributed by atoms with Gasteiger partial charge in [-0.25, -0.2) is 4.39 Å². The van der Waals surface area contributed by atoms with Crippen LogP contribution >= 0.6 is 15.9 Å². The third-order valence-electron chi connectivity index (χ3n) is 2.57. The van der Waals surface area contributed by atoms with E-state index in [1.54, 1.807) is 12.1 Å². The number of anilines is 3. The zero-order valence-corrected chi connectivity index (χ0v) is 10.9. The van der Waals surface area contributed by atoms with Gasteiger partial charge in [-0.3, -0.25) is 0 Å². The lowest BCUT2D eigenvalue weighted by Crippen LogP contribution is -1.97. The van der Waals surface area contributed by atoms with Crippen molar-refractivity contribution in [3.8, 4) is 0 Å². The van der Waals surface area contributed by atoms with E-state index in [4.69, 9.17) is 5.73 Å². The van der Waals surface area contributed by atoms with Crippen molar-refractivity contribution in [2.75, 3.05) is 11.1 Å². The third kappa shape index (κ3) is 2.58. The van der Waals surface area contributed by atoms with Gasteiger partial charge in [-0.1, -0.05) is 6.07 Å². The van der Waals surface area contributed by atoms with E-state index in [0.29, 0.717) is 15.8 Å². The van der Waals surface area contributed by atoms with Gasteiger partial charge in [-0.05, 0) is 58.7 Å². The summed E-state index contributed by atoms with van der Waals surface area (Å²) in [5.74, 6) is -0.295. The Morgan fingerprint density at radius 3 is 2.71 bits per heavy atom. The Balaban J connectivity index is 2.31. The second-order valence-corrected chi connectivity index (χ2v) is 4.63. The summed E-state index contributed by atoms with van der Waals surface area (Å²) in [6.07, 6.45) is 0. The highest BCUT2D eigenvalue weighted by Crippen LogP contribution is 2.26. The predicted molar refractivity (Wildman–Crippen MR) is 73.0 cm³/mol. The fraction of sp³-hybridized carbons (Fsp3) is 0.0769. The molecule has 0 aliphatic rings. The Hall–Kier alpha value is -1.55. The van der Waals surface area contributed by atoms with Gasteiger partial charge in [-0.2, -0.15) is 0 Å². The van der Waals surface area contributed by atoms with Crippen molar-refractivity contribution in [2.24, 2.45) is 0 Å². The fourth-order valence-corrected chi connectivity index (χ4v) is 1.76. The highest BCUT2D eigenvalue weighted by Gasteiger charge is 2.04. The molecule has 0 radical (unpaired) electrons. The maximum absolute atomic E-state index is 13.4. The SMILES string of the molecule is Cc1c(N)cccc1Nc1ccc(Br)c(F)c1. The van der Waals surface area contributed by atoms with E-state index < -0.39 is 0 Å². The lowest BCUT2D eigenvalue weighted by Gasteiger charge is -2.11. The van der Waals surface area contributed by atoms with Crippen molar-refractivity contribution >= 4 is 33.0 Å². The molecule has 0 bridgehead atoms. The van der Waals surface area contributed by atoms with E-state index in [0.717, 1.165) is 11.3 Å². The molecule has 0 amide bonds. The monoisotopic (exact) mass is 294 g/mol. The molecule has 0 unspecified atom stereocenters. The molecule has 2 aromatic rings. The highest BCUT2D eigenvalue weighted by molar-refractivity contribution is 9.10. The number of hydrogen-bond donors (Lipinski definition) is 2. The summed E-state index contributed by atoms with van der Waals surface area (Å²) in [5, 5.41) is 3.14. The van der Waals surface area contributed by atoms with Crippen LogP contribution in [-0.4, -0.2) is 0 Å². The lowest BCUT2D eigenvalue weighted by molar-refractivity contribution is 0.622. The van der Waals surface area contributed by atoms with Gasteiger partial charge >= 0.3 is 0 Å². The molecule has 0 saturated carbocycles. The predicted octanol–water partition coefficient (Wildman–Crippen LogP) is 4.22. The Bertz CT molecular complexity index is 555. The average molecular weight is 295 g/mol. The zero-order chi connectivity index (χ0) is 12.4. The maximum atomic E-state index is 13.4. The van der Waals surface area contributed by atoms with Gasteiger partial charge in [0.05, 0.1) is 4.47 Å². The van der Waals surface area contributed by atoms with Crippen molar-refractivity contribution in [3.05, 3.63) is 52.3 Å². The van der Waals surface area contributed by atoms with Crippen LogP contribution in [0, 0.1) is 12.7 Å². The molecule has 0 aliphatic heterocycles. The molecule has 3 N–H and O–H groups in total. The zero-order valence-electron chi connectivity index (χ0n) is 9.30. The van der Waals surface area contributed by atoms with Crippen LogP contribution in [0.4, 0.5) is 21.5 Å². The number of rotatable bonds is 2. The van der Waals surface area contributed by atoms with Crippen LogP contribution in [-0.2, 0) is 0 Å². The summed E-state index contributed by atoms with van der Waals surface area (Å²) in [5.41, 5.74) is 9.05. The number of halogens is 2. The molecular weight excluding hydrogens is 283 g/mol. The molecule has 2 rings (SSSR count). The van der Waals surface area contributed by atoms with Crippen molar-refractivity contribution in [1.82, 2.24) is 0 Å². The van der Waals surface area contributed by atoms with E-state index in [2.05, 4.69) is 21.2 Å². The number of nitrogens with one attached hydrogen (secondary N) is 1. The van der Waals surface area contributed by atoms with Gasteiger partial charge in [0.2, 0.25) is 0 Å². The van der Waals surface area contributed by atoms with Gasteiger partial charge < -0.3 is 11.1 Å². The lowest BCUT2D eigenvalue weighted by atomic mass is 10.1. The van der Waals surface area contributed by atoms with Crippen molar-refractivity contribution in [1.29, 1.82) is 0 Å². The van der Waals surface area contributed by atoms with Crippen LogP contribution in [0.5, 0.6) is 0 Å². The summed E-state index contributed by atoms with van der Waals surface area (Å²) in [4.78, 5) is 0. The molecule has 0 heterocycles. The maximum Gasteiger partial charge on any atom is 0.139 e. The Labute approximate surface area is 108 Å². The van der Waals surface area contributed by atoms with Crippen LogP contribution in [0.1, 0.15) is 5.56 Å². The molecule has 0 saturated heterocycles. The minimum absolute atomic E-state index is 0.295. The van der Waals surface area contributed by atoms with Crippen molar-refractivity contribution in [2.45, 2.75) is 6.92 Å². The van der Waals surface area contributed by atoms with Crippen LogP contribution in [0.2, 0.25) is 0 Å². The molecule has 17 heavy (non-hydrogen) atoms. The first-order valence-electron chi connectivity index (χ1n) is 5.15. The molecular formula is C13H12BrFN2. The third-order valence-corrected chi connectivity index (χ3v) is 3.22. The topological polar surface area (TPSA) is 38.0 Å². The fourth-order valence-electron chi connectivity index (χ4n) is 1.52. The minimum Gasteiger partial charge on any atom is -0.398 e. The molecule has 2 aromatic carbocycles. The van der Waals surface area contributed by atoms with E-state index in [-0.39, 0.29) is 5.82 Å². The Morgan fingerprint density at radius 2 is 2.00 bits per heavy atom. The van der Waals surface area contributed by atoms with Gasteiger partial charge in [0, 0.05) is 17.1 Å². The number of benzene rings is 2. The summed E-state index contributed by atoms with van der Waals surface area (Å²) < 4.78 is 13.8. The molecule has 88 valence electrons. The minimum atomic E-state index is -0.295. The standard InChI is InChI=1S/C13H12BrFN2/c1-8-12(16)3-2-4-13(8)17-9-5-6-10(14)11(15)7-9/h2-7,17H,16H2,1H3. The molecule has 0 fully saturated rings. The number of nitrogens with two attached hydrogens (primary N) is 1. The first-order valence-corrected chi connectivity index (χ1v) is 5.94. The summed E-state index contributed by atoms with van der Waals surface area (Å²) in [7, 11) is 0. The molecule has 0 aromatic heterocycles. The smallest absolute Gasteiger partial charge is 0.139 e. The first kappa shape index (κ1) is 11.9. The molecule has 0 spiro atoms. The van der Waals surface area contributed by atoms with Gasteiger partial charge in [0.15, 0.2) is 0 Å². The normalized spacial score (nSPS) is 10.3. The van der Waals surface area contributed by atoms with Gasteiger partial charge in [0.25, 0.3) is 0 Å². The van der Waals surface area contributed by atoms with Crippen molar-refractivity contribution < 1.29 is 4.39 Å². The Morgan fingerprint density at radius 1 is 1.24 bits per heavy atom. The highest BCUT2D eigenvalue weighted by atomic mass is 79.9. The average Bonchev–Trinajstić information content (AvgIpc) is 2.30. The van der Waals surface area contributed by atoms with Gasteiger partial charge in [0.1, 0.15) is 5.82 Å². The van der Waals surface area contributed by atoms with Crippen LogP contribution in [0.3, 0.4) is 0 Å². The largest absolute Gasteiger partial charge is 0.398 e. The van der Waals surface area contributed by atoms with E-state index in [1.807, 2.05) is 25.1 Å². The molecule has 0 atom stereocenters. The van der Waals surface area contributed by atoms with Gasteiger partial charge in [-0.15, -0.1) is 0 Å². The van der Waals surface area contributed by atoms with Crippen molar-refractivity contribution in [3.63, 3.8) is 0 Å². The van der Waals surface area contributed by atoms with E-state index in [1.165, 1.54) is 6.07 Å². The quantitative estimate of drug-likeness (QED) is 0.814. The summed E-state index contributed by atoms with van der Waals surface area (Å²) in [6, 6.07) is 10.5. The van der Waals surface area contributed by atoms with Crippen LogP contribution in [0.25, 0.3) is 0 Å². The Kier molecular flexibility index (Phi) is 3.33. The first-order chi connectivity index (χ1) is 8.08. The second-order valence-electron chi connectivity index (χ2n) is 3.77.